The van der Waals surface area contributed by atoms with Gasteiger partial charge in [-0.05, 0) is 26.0 Å². The van der Waals surface area contributed by atoms with Gasteiger partial charge >= 0.3 is 23.5 Å². The Balaban J connectivity index is 0.00000122. The first-order valence-electron chi connectivity index (χ1n) is 7.88. The highest BCUT2D eigenvalue weighted by Crippen LogP contribution is 2.66. The number of nitrogens with zero attached hydrogens (tertiary/aromatic N) is 1. The molecule has 0 aliphatic rings. The molecule has 1 heterocycles. The number of hydrogen-bond acceptors (Lipinski definition) is 11. The van der Waals surface area contributed by atoms with Gasteiger partial charge in [0.2, 0.25) is 0 Å². The van der Waals surface area contributed by atoms with E-state index in [1.54, 1.807) is 26.0 Å². The second-order valence-electron chi connectivity index (χ2n) is 5.26. The minimum Gasteiger partial charge on any atom is -0.466 e. The average Bonchev–Trinajstić information content (AvgIpc) is 2.56. The Morgan fingerprint density at radius 2 is 1.57 bits per heavy atom. The largest absolute Gasteiger partial charge is 0.490 e. The van der Waals surface area contributed by atoms with Crippen molar-refractivity contribution in [2.24, 2.45) is 0 Å². The Bertz CT molecular complexity index is 733. The van der Waals surface area contributed by atoms with Gasteiger partial charge < -0.3 is 39.3 Å². The van der Waals surface area contributed by atoms with E-state index in [0.717, 1.165) is 0 Å². The summed E-state index contributed by atoms with van der Waals surface area (Å²) in [5.74, 6) is 0.422. The zero-order valence-electron chi connectivity index (χ0n) is 15.8. The van der Waals surface area contributed by atoms with Gasteiger partial charge in [-0.3, -0.25) is 9.51 Å². The molecule has 4 atom stereocenters. The van der Waals surface area contributed by atoms with E-state index in [-0.39, 0.29) is 13.4 Å². The van der Waals surface area contributed by atoms with E-state index >= 15 is 0 Å². The molecule has 0 saturated carbocycles. The molecule has 18 heteroatoms. The number of pyridine rings is 1. The first kappa shape index (κ1) is 29.2. The molecule has 0 spiro atoms. The van der Waals surface area contributed by atoms with Gasteiger partial charge in [0, 0.05) is 6.20 Å². The quantitative estimate of drug-likeness (QED) is 0.131. The number of phosphoric ester groups is 1. The van der Waals surface area contributed by atoms with Crippen molar-refractivity contribution in [2.45, 2.75) is 26.1 Å². The summed E-state index contributed by atoms with van der Waals surface area (Å²) in [7, 11) is -16.0. The Hall–Kier alpha value is -0.760. The lowest BCUT2D eigenvalue weighted by Crippen LogP contribution is -2.17. The van der Waals surface area contributed by atoms with Crippen LogP contribution in [-0.4, -0.2) is 67.0 Å². The minimum absolute atomic E-state index is 0.231. The predicted octanol–water partition coefficient (Wildman–Crippen LogP) is 0.526. The minimum atomic E-state index is -5.51. The third kappa shape index (κ3) is 17.0. The second kappa shape index (κ2) is 13.6. The fourth-order valence-corrected chi connectivity index (χ4v) is 4.12. The summed E-state index contributed by atoms with van der Waals surface area (Å²) >= 11 is 0. The molecule has 1 aromatic rings. The molecule has 15 nitrogen and oxygen atoms in total. The van der Waals surface area contributed by atoms with Crippen LogP contribution in [0.3, 0.4) is 0 Å². The third-order valence-electron chi connectivity index (χ3n) is 2.54. The van der Waals surface area contributed by atoms with E-state index in [1.165, 1.54) is 12.4 Å². The lowest BCUT2D eigenvalue weighted by atomic mass is 10.3. The summed E-state index contributed by atoms with van der Waals surface area (Å²) in [5, 5.41) is 16.8. The van der Waals surface area contributed by atoms with Crippen molar-refractivity contribution in [3.63, 3.8) is 0 Å². The molecule has 0 bridgehead atoms. The number of phosphoric acid groups is 3. The number of hydrogen-bond donors (Lipinski definition) is 6. The predicted molar refractivity (Wildman–Crippen MR) is 98.9 cm³/mol. The van der Waals surface area contributed by atoms with Gasteiger partial charge in [0.05, 0.1) is 31.6 Å². The number of ether oxygens (including phenoxy) is 2. The molecule has 1 rings (SSSR count). The summed E-state index contributed by atoms with van der Waals surface area (Å²) < 4.78 is 54.0. The van der Waals surface area contributed by atoms with Crippen LogP contribution in [0.2, 0.25) is 0 Å². The summed E-state index contributed by atoms with van der Waals surface area (Å²) in [6.45, 7) is 2.05. The fourth-order valence-electron chi connectivity index (χ4n) is 1.12. The van der Waals surface area contributed by atoms with Crippen molar-refractivity contribution in [2.75, 3.05) is 20.0 Å². The van der Waals surface area contributed by atoms with Crippen LogP contribution in [0, 0.1) is 0 Å². The van der Waals surface area contributed by atoms with Crippen molar-refractivity contribution in [1.29, 1.82) is 0 Å². The monoisotopic (exact) mass is 499 g/mol. The van der Waals surface area contributed by atoms with Crippen LogP contribution in [-0.2, 0) is 31.6 Å². The van der Waals surface area contributed by atoms with Crippen LogP contribution in [0.5, 0.6) is 5.75 Å². The summed E-state index contributed by atoms with van der Waals surface area (Å²) in [4.78, 5) is 38.5. The summed E-state index contributed by atoms with van der Waals surface area (Å²) in [6, 6.07) is 3.24. The van der Waals surface area contributed by atoms with E-state index in [0.29, 0.717) is 5.75 Å². The molecule has 0 radical (unpaired) electrons. The molecule has 0 fully saturated rings. The number of aliphatic hydroxyl groups is 2. The topological polar surface area (TPSA) is 232 Å². The van der Waals surface area contributed by atoms with Crippen molar-refractivity contribution in [3.8, 4) is 5.75 Å². The molecule has 0 aromatic carbocycles. The highest BCUT2D eigenvalue weighted by atomic mass is 31.3. The smallest absolute Gasteiger partial charge is 0.466 e. The molecule has 0 aliphatic heterocycles. The lowest BCUT2D eigenvalue weighted by Gasteiger charge is -2.16. The van der Waals surface area contributed by atoms with Crippen LogP contribution < -0.4 is 4.74 Å². The van der Waals surface area contributed by atoms with Crippen LogP contribution in [0.25, 0.3) is 0 Å². The van der Waals surface area contributed by atoms with Gasteiger partial charge in [-0.15, -0.1) is 0 Å². The van der Waals surface area contributed by atoms with E-state index in [9.17, 15) is 13.7 Å². The maximum absolute atomic E-state index is 11.3. The van der Waals surface area contributed by atoms with Gasteiger partial charge in [-0.25, -0.2) is 13.7 Å². The van der Waals surface area contributed by atoms with Crippen molar-refractivity contribution >= 4 is 23.5 Å². The molecule has 0 amide bonds. The molecule has 30 heavy (non-hydrogen) atoms. The van der Waals surface area contributed by atoms with Crippen LogP contribution in [0.1, 0.15) is 13.8 Å². The standard InChI is InChI=1S/C8H14NO12P3.C4H10O2/c10-22(11,12)20-24(15,16)21-23(13,14)19-5-4-17-7-18-8-2-1-3-9-6-8;1-3(5)4(2)6/h1-3,6H,4-5,7H2,(H,13,14)(H,15,16)(H2,10,11,12);3-6H,1-2H3/t;3-,4+. The van der Waals surface area contributed by atoms with Gasteiger partial charge in [0.25, 0.3) is 0 Å². The Morgan fingerprint density at radius 1 is 0.967 bits per heavy atom. The van der Waals surface area contributed by atoms with E-state index in [4.69, 9.17) is 39.3 Å². The van der Waals surface area contributed by atoms with E-state index < -0.39 is 42.3 Å². The average molecular weight is 499 g/mol. The van der Waals surface area contributed by atoms with Gasteiger partial charge in [0.15, 0.2) is 6.79 Å². The van der Waals surface area contributed by atoms with Crippen LogP contribution >= 0.6 is 23.5 Å². The number of aliphatic hydroxyl groups excluding tert-OH is 2. The Morgan fingerprint density at radius 3 is 2.03 bits per heavy atom. The SMILES string of the molecule is C[C@H](O)[C@@H](C)O.O=P(O)(O)OP(=O)(O)OP(=O)(O)OCCOCOc1cccnc1. The molecule has 0 aliphatic carbocycles. The lowest BCUT2D eigenvalue weighted by molar-refractivity contribution is -0.00149. The Kier molecular flexibility index (Phi) is 13.3. The second-order valence-corrected chi connectivity index (χ2v) is 9.68. The molecule has 6 N–H and O–H groups in total. The first-order chi connectivity index (χ1) is 13.6. The highest BCUT2D eigenvalue weighted by molar-refractivity contribution is 7.66. The molecule has 1 aromatic heterocycles. The van der Waals surface area contributed by atoms with Crippen molar-refractivity contribution < 1.29 is 66.1 Å². The summed E-state index contributed by atoms with van der Waals surface area (Å²) in [6.07, 6.45) is 1.78. The normalized spacial score (nSPS) is 17.6. The van der Waals surface area contributed by atoms with Gasteiger partial charge in [0.1, 0.15) is 5.75 Å². The Labute approximate surface area is 171 Å². The van der Waals surface area contributed by atoms with Gasteiger partial charge in [-0.2, -0.15) is 8.62 Å². The van der Waals surface area contributed by atoms with Gasteiger partial charge in [-0.1, -0.05) is 0 Å². The molecular formula is C12H24NO14P3. The van der Waals surface area contributed by atoms with Crippen LogP contribution in [0.15, 0.2) is 24.5 Å². The molecular weight excluding hydrogens is 475 g/mol. The zero-order chi connectivity index (χ0) is 23.4. The van der Waals surface area contributed by atoms with Crippen LogP contribution in [0.4, 0.5) is 0 Å². The van der Waals surface area contributed by atoms with Crippen molar-refractivity contribution in [1.82, 2.24) is 4.98 Å². The molecule has 2 unspecified atom stereocenters. The molecule has 0 saturated heterocycles. The van der Waals surface area contributed by atoms with E-state index in [1.807, 2.05) is 0 Å². The number of aromatic nitrogens is 1. The fraction of sp³-hybridized carbons (Fsp3) is 0.583. The summed E-state index contributed by atoms with van der Waals surface area (Å²) in [5.41, 5.74) is 0. The zero-order valence-corrected chi connectivity index (χ0v) is 18.5. The third-order valence-corrected chi connectivity index (χ3v) is 6.38. The maximum atomic E-state index is 11.3. The number of rotatable bonds is 12. The molecule has 176 valence electrons. The highest BCUT2D eigenvalue weighted by Gasteiger charge is 2.40. The van der Waals surface area contributed by atoms with Crippen molar-refractivity contribution in [3.05, 3.63) is 24.5 Å². The maximum Gasteiger partial charge on any atom is 0.490 e. The van der Waals surface area contributed by atoms with E-state index in [2.05, 4.69) is 18.1 Å². The first-order valence-corrected chi connectivity index (χ1v) is 12.4.